The second-order valence-electron chi connectivity index (χ2n) is 4.00. The number of aryl methyl sites for hydroxylation is 1. The van der Waals surface area contributed by atoms with Crippen LogP contribution in [0, 0.1) is 6.92 Å². The minimum atomic E-state index is -0.455. The number of aromatic nitrogens is 1. The number of hydrogen-bond donors (Lipinski definition) is 2. The lowest BCUT2D eigenvalue weighted by molar-refractivity contribution is -0.115. The molecule has 0 fully saturated rings. The molecule has 2 heterocycles. The Morgan fingerprint density at radius 2 is 2.15 bits per heavy atom. The van der Waals surface area contributed by atoms with Gasteiger partial charge in [0.2, 0.25) is 5.91 Å². The minimum absolute atomic E-state index is 0.138. The quantitative estimate of drug-likeness (QED) is 0.894. The number of nitrogens with zero attached hydrogens (tertiary/aromatic N) is 1. The van der Waals surface area contributed by atoms with Crippen molar-refractivity contribution in [1.82, 2.24) is 10.3 Å². The van der Waals surface area contributed by atoms with Crippen molar-refractivity contribution in [2.75, 3.05) is 11.9 Å². The van der Waals surface area contributed by atoms with Crippen molar-refractivity contribution < 1.29 is 14.0 Å². The van der Waals surface area contributed by atoms with Crippen LogP contribution < -0.4 is 10.6 Å². The molecule has 7 heteroatoms. The molecule has 0 aliphatic carbocycles. The van der Waals surface area contributed by atoms with E-state index >= 15 is 0 Å². The molecule has 2 aromatic rings. The number of nitrogens with one attached hydrogen (secondary N) is 2. The minimum Gasteiger partial charge on any atom is -0.444 e. The van der Waals surface area contributed by atoms with Gasteiger partial charge in [0.05, 0.1) is 6.54 Å². The molecule has 2 rings (SSSR count). The molecular weight excluding hydrogens is 326 g/mol. The highest BCUT2D eigenvalue weighted by Gasteiger charge is 2.12. The van der Waals surface area contributed by atoms with Crippen LogP contribution in [0.15, 0.2) is 39.5 Å². The summed E-state index contributed by atoms with van der Waals surface area (Å²) in [4.78, 5) is 27.4. The van der Waals surface area contributed by atoms with Crippen LogP contribution in [0.25, 0.3) is 0 Å². The number of carbonyl (C=O) groups is 2. The third kappa shape index (κ3) is 3.67. The second-order valence-corrected chi connectivity index (χ2v) is 4.79. The third-order valence-electron chi connectivity index (χ3n) is 2.47. The zero-order valence-corrected chi connectivity index (χ0v) is 12.2. The lowest BCUT2D eigenvalue weighted by Crippen LogP contribution is -2.33. The molecular formula is C13H12BrN3O3. The molecule has 2 N–H and O–H groups in total. The number of furan rings is 1. The molecule has 2 amide bonds. The SMILES string of the molecule is Cc1cccnc1NC(=O)CNC(=O)c1ccc(Br)o1. The van der Waals surface area contributed by atoms with E-state index < -0.39 is 5.91 Å². The summed E-state index contributed by atoms with van der Waals surface area (Å²) in [6.07, 6.45) is 1.58. The molecule has 0 radical (unpaired) electrons. The van der Waals surface area contributed by atoms with E-state index in [0.717, 1.165) is 5.56 Å². The molecule has 0 bridgehead atoms. The first-order valence-corrected chi connectivity index (χ1v) is 6.60. The van der Waals surface area contributed by atoms with Crippen molar-refractivity contribution in [3.63, 3.8) is 0 Å². The number of pyridine rings is 1. The molecule has 0 saturated heterocycles. The van der Waals surface area contributed by atoms with Gasteiger partial charge in [-0.2, -0.15) is 0 Å². The van der Waals surface area contributed by atoms with Crippen LogP contribution in [0.4, 0.5) is 5.82 Å². The summed E-state index contributed by atoms with van der Waals surface area (Å²) in [6, 6.07) is 6.73. The first-order chi connectivity index (χ1) is 9.56. The van der Waals surface area contributed by atoms with Crippen LogP contribution in [0.2, 0.25) is 0 Å². The van der Waals surface area contributed by atoms with E-state index in [2.05, 4.69) is 31.5 Å². The zero-order valence-electron chi connectivity index (χ0n) is 10.6. The number of carbonyl (C=O) groups excluding carboxylic acids is 2. The smallest absolute Gasteiger partial charge is 0.287 e. The van der Waals surface area contributed by atoms with Gasteiger partial charge >= 0.3 is 0 Å². The van der Waals surface area contributed by atoms with E-state index in [1.807, 2.05) is 13.0 Å². The van der Waals surface area contributed by atoms with Gasteiger partial charge in [0.1, 0.15) is 5.82 Å². The molecule has 0 aromatic carbocycles. The van der Waals surface area contributed by atoms with Gasteiger partial charge in [0, 0.05) is 6.20 Å². The van der Waals surface area contributed by atoms with E-state index in [9.17, 15) is 9.59 Å². The third-order valence-corrected chi connectivity index (χ3v) is 2.90. The topological polar surface area (TPSA) is 84.2 Å². The number of anilines is 1. The lowest BCUT2D eigenvalue weighted by atomic mass is 10.3. The van der Waals surface area contributed by atoms with Crippen molar-refractivity contribution in [2.45, 2.75) is 6.92 Å². The van der Waals surface area contributed by atoms with Gasteiger partial charge in [-0.05, 0) is 46.6 Å². The first kappa shape index (κ1) is 14.3. The van der Waals surface area contributed by atoms with Gasteiger partial charge < -0.3 is 15.1 Å². The summed E-state index contributed by atoms with van der Waals surface area (Å²) in [5, 5.41) is 5.08. The van der Waals surface area contributed by atoms with Crippen LogP contribution >= 0.6 is 15.9 Å². The lowest BCUT2D eigenvalue weighted by Gasteiger charge is -2.07. The molecule has 0 aliphatic heterocycles. The monoisotopic (exact) mass is 337 g/mol. The van der Waals surface area contributed by atoms with Crippen LogP contribution in [0.3, 0.4) is 0 Å². The molecule has 2 aromatic heterocycles. The van der Waals surface area contributed by atoms with Crippen molar-refractivity contribution in [1.29, 1.82) is 0 Å². The fraction of sp³-hybridized carbons (Fsp3) is 0.154. The van der Waals surface area contributed by atoms with E-state index in [1.54, 1.807) is 18.3 Å². The van der Waals surface area contributed by atoms with E-state index in [0.29, 0.717) is 10.5 Å². The molecule has 0 aliphatic rings. The molecule has 20 heavy (non-hydrogen) atoms. The van der Waals surface area contributed by atoms with Gasteiger partial charge in [0.25, 0.3) is 5.91 Å². The van der Waals surface area contributed by atoms with E-state index in [-0.39, 0.29) is 18.2 Å². The molecule has 0 unspecified atom stereocenters. The second kappa shape index (κ2) is 6.33. The summed E-state index contributed by atoms with van der Waals surface area (Å²) >= 11 is 3.10. The Hall–Kier alpha value is -2.15. The molecule has 0 saturated carbocycles. The van der Waals surface area contributed by atoms with Gasteiger partial charge in [-0.25, -0.2) is 4.98 Å². The Morgan fingerprint density at radius 3 is 2.80 bits per heavy atom. The van der Waals surface area contributed by atoms with Crippen LogP contribution in [-0.4, -0.2) is 23.3 Å². The highest BCUT2D eigenvalue weighted by Crippen LogP contribution is 2.13. The normalized spacial score (nSPS) is 10.1. The van der Waals surface area contributed by atoms with Crippen molar-refractivity contribution in [3.8, 4) is 0 Å². The summed E-state index contributed by atoms with van der Waals surface area (Å²) in [6.45, 7) is 1.68. The maximum atomic E-state index is 11.7. The number of hydrogen-bond acceptors (Lipinski definition) is 4. The Labute approximate surface area is 123 Å². The number of rotatable bonds is 4. The summed E-state index contributed by atoms with van der Waals surface area (Å²) in [7, 11) is 0. The fourth-order valence-corrected chi connectivity index (χ4v) is 1.78. The Morgan fingerprint density at radius 1 is 1.35 bits per heavy atom. The number of halogens is 1. The predicted octanol–water partition coefficient (Wildman–Crippen LogP) is 2.11. The maximum Gasteiger partial charge on any atom is 0.287 e. The highest BCUT2D eigenvalue weighted by molar-refractivity contribution is 9.10. The summed E-state index contributed by atoms with van der Waals surface area (Å²) < 4.78 is 5.53. The zero-order chi connectivity index (χ0) is 14.5. The Kier molecular flexibility index (Phi) is 4.52. The van der Waals surface area contributed by atoms with Crippen molar-refractivity contribution >= 4 is 33.6 Å². The average molecular weight is 338 g/mol. The summed E-state index contributed by atoms with van der Waals surface area (Å²) in [5.41, 5.74) is 0.849. The predicted molar refractivity (Wildman–Crippen MR) is 76.3 cm³/mol. The Balaban J connectivity index is 1.87. The van der Waals surface area contributed by atoms with Crippen LogP contribution in [0.5, 0.6) is 0 Å². The Bertz CT molecular complexity index is 639. The molecule has 6 nitrogen and oxygen atoms in total. The van der Waals surface area contributed by atoms with E-state index in [4.69, 9.17) is 4.42 Å². The van der Waals surface area contributed by atoms with Gasteiger partial charge in [0.15, 0.2) is 10.4 Å². The van der Waals surface area contributed by atoms with Crippen LogP contribution in [-0.2, 0) is 4.79 Å². The summed E-state index contributed by atoms with van der Waals surface area (Å²) in [5.74, 6) is -0.194. The highest BCUT2D eigenvalue weighted by atomic mass is 79.9. The standard InChI is InChI=1S/C13H12BrN3O3/c1-8-3-2-6-15-12(8)17-11(18)7-16-13(19)9-4-5-10(14)20-9/h2-6H,7H2,1H3,(H,16,19)(H,15,17,18). The first-order valence-electron chi connectivity index (χ1n) is 5.81. The largest absolute Gasteiger partial charge is 0.444 e. The average Bonchev–Trinajstić information content (AvgIpc) is 2.85. The molecule has 0 atom stereocenters. The van der Waals surface area contributed by atoms with Gasteiger partial charge in [-0.1, -0.05) is 6.07 Å². The van der Waals surface area contributed by atoms with Crippen LogP contribution in [0.1, 0.15) is 16.1 Å². The maximum absolute atomic E-state index is 11.7. The fourth-order valence-electron chi connectivity index (χ4n) is 1.48. The van der Waals surface area contributed by atoms with E-state index in [1.165, 1.54) is 6.07 Å². The van der Waals surface area contributed by atoms with Crippen molar-refractivity contribution in [3.05, 3.63) is 46.5 Å². The van der Waals surface area contributed by atoms with Gasteiger partial charge in [-0.15, -0.1) is 0 Å². The van der Waals surface area contributed by atoms with Crippen molar-refractivity contribution in [2.24, 2.45) is 0 Å². The molecule has 104 valence electrons. The van der Waals surface area contributed by atoms with Gasteiger partial charge in [-0.3, -0.25) is 9.59 Å². The molecule has 0 spiro atoms. The number of amides is 2.